The van der Waals surface area contributed by atoms with E-state index < -0.39 is 4.92 Å². The van der Waals surface area contributed by atoms with Crippen LogP contribution >= 0.6 is 0 Å². The number of nitro benzene ring substituents is 1. The van der Waals surface area contributed by atoms with Gasteiger partial charge in [0.15, 0.2) is 6.54 Å². The van der Waals surface area contributed by atoms with Crippen molar-refractivity contribution in [3.05, 3.63) is 34.4 Å². The van der Waals surface area contributed by atoms with Crippen molar-refractivity contribution in [2.75, 3.05) is 25.0 Å². The Labute approximate surface area is 134 Å². The average Bonchev–Trinajstić information content (AvgIpc) is 2.49. The van der Waals surface area contributed by atoms with Crippen molar-refractivity contribution in [3.63, 3.8) is 0 Å². The molecule has 8 heteroatoms. The van der Waals surface area contributed by atoms with E-state index in [0.717, 1.165) is 30.8 Å². The van der Waals surface area contributed by atoms with Crippen molar-refractivity contribution in [1.82, 2.24) is 5.32 Å². The van der Waals surface area contributed by atoms with Crippen LogP contribution in [0.25, 0.3) is 0 Å². The number of piperidine rings is 1. The van der Waals surface area contributed by atoms with E-state index in [2.05, 4.69) is 10.6 Å². The third kappa shape index (κ3) is 5.33. The maximum Gasteiger partial charge on any atom is 0.279 e. The lowest BCUT2D eigenvalue weighted by Crippen LogP contribution is -3.14. The van der Waals surface area contributed by atoms with Crippen LogP contribution in [0, 0.1) is 10.1 Å². The SMILES string of the molecule is CC(=O)NC1CC[NH+](CC(=O)Nc2cccc([N+](=O)[O-])c2)CC1. The molecule has 1 aromatic rings. The van der Waals surface area contributed by atoms with Crippen LogP contribution in [0.4, 0.5) is 11.4 Å². The second-order valence-corrected chi connectivity index (χ2v) is 5.76. The van der Waals surface area contributed by atoms with E-state index in [4.69, 9.17) is 0 Å². The Balaban J connectivity index is 1.81. The molecular weight excluding hydrogens is 300 g/mol. The molecule has 1 saturated heterocycles. The van der Waals surface area contributed by atoms with Crippen molar-refractivity contribution < 1.29 is 19.4 Å². The fraction of sp³-hybridized carbons (Fsp3) is 0.467. The molecule has 0 aromatic heterocycles. The molecule has 8 nitrogen and oxygen atoms in total. The van der Waals surface area contributed by atoms with Crippen molar-refractivity contribution in [3.8, 4) is 0 Å². The van der Waals surface area contributed by atoms with Gasteiger partial charge in [0.2, 0.25) is 5.91 Å². The van der Waals surface area contributed by atoms with Crippen LogP contribution in [0.15, 0.2) is 24.3 Å². The number of carbonyl (C=O) groups excluding carboxylic acids is 2. The number of hydrogen-bond donors (Lipinski definition) is 3. The van der Waals surface area contributed by atoms with Crippen molar-refractivity contribution in [2.24, 2.45) is 0 Å². The zero-order valence-corrected chi connectivity index (χ0v) is 13.0. The summed E-state index contributed by atoms with van der Waals surface area (Å²) in [5, 5.41) is 16.3. The lowest BCUT2D eigenvalue weighted by atomic mass is 10.1. The standard InChI is InChI=1S/C15H20N4O4/c1-11(20)16-12-5-7-18(8-6-12)10-15(21)17-13-3-2-4-14(9-13)19(22)23/h2-4,9,12H,5-8,10H2,1H3,(H,16,20)(H,17,21)/p+1. The summed E-state index contributed by atoms with van der Waals surface area (Å²) in [5.41, 5.74) is 0.378. The molecule has 1 fully saturated rings. The van der Waals surface area contributed by atoms with Crippen LogP contribution in [0.2, 0.25) is 0 Å². The molecule has 23 heavy (non-hydrogen) atoms. The fourth-order valence-corrected chi connectivity index (χ4v) is 2.76. The number of nitrogens with one attached hydrogen (secondary N) is 3. The lowest BCUT2D eigenvalue weighted by molar-refractivity contribution is -0.897. The van der Waals surface area contributed by atoms with Crippen LogP contribution in [-0.4, -0.2) is 42.4 Å². The predicted octanol–water partition coefficient (Wildman–Crippen LogP) is -0.283. The van der Waals surface area contributed by atoms with Crippen LogP contribution in [0.1, 0.15) is 19.8 Å². The van der Waals surface area contributed by atoms with Gasteiger partial charge in [-0.3, -0.25) is 19.7 Å². The lowest BCUT2D eigenvalue weighted by Gasteiger charge is -2.29. The molecule has 2 rings (SSSR count). The molecule has 3 N–H and O–H groups in total. The molecule has 1 aliphatic heterocycles. The number of nitro groups is 1. The first kappa shape index (κ1) is 16.9. The third-order valence-electron chi connectivity index (χ3n) is 3.85. The summed E-state index contributed by atoms with van der Waals surface area (Å²) < 4.78 is 0. The van der Waals surface area contributed by atoms with Crippen LogP contribution in [0.3, 0.4) is 0 Å². The highest BCUT2D eigenvalue weighted by molar-refractivity contribution is 5.91. The monoisotopic (exact) mass is 321 g/mol. The Hall–Kier alpha value is -2.48. The maximum atomic E-state index is 12.0. The minimum absolute atomic E-state index is 0.0261. The quantitative estimate of drug-likeness (QED) is 0.512. The smallest absolute Gasteiger partial charge is 0.279 e. The summed E-state index contributed by atoms with van der Waals surface area (Å²) in [6, 6.07) is 6.09. The number of rotatable bonds is 5. The van der Waals surface area contributed by atoms with Gasteiger partial charge in [0.1, 0.15) is 0 Å². The number of quaternary nitrogens is 1. The summed E-state index contributed by atoms with van der Waals surface area (Å²) in [4.78, 5) is 34.4. The molecule has 1 heterocycles. The van der Waals surface area contributed by atoms with Crippen molar-refractivity contribution in [2.45, 2.75) is 25.8 Å². The van der Waals surface area contributed by atoms with E-state index in [1.165, 1.54) is 19.1 Å². The largest absolute Gasteiger partial charge is 0.353 e. The minimum atomic E-state index is -0.492. The Bertz CT molecular complexity index is 597. The van der Waals surface area contributed by atoms with Gasteiger partial charge in [0, 0.05) is 43.6 Å². The summed E-state index contributed by atoms with van der Waals surface area (Å²) in [7, 11) is 0. The molecule has 0 aliphatic carbocycles. The van der Waals surface area contributed by atoms with Gasteiger partial charge < -0.3 is 15.5 Å². The number of nitrogens with zero attached hydrogens (tertiary/aromatic N) is 1. The Morgan fingerprint density at radius 3 is 2.65 bits per heavy atom. The average molecular weight is 321 g/mol. The zero-order chi connectivity index (χ0) is 16.8. The second kappa shape index (κ2) is 7.68. The molecule has 0 atom stereocenters. The second-order valence-electron chi connectivity index (χ2n) is 5.76. The molecule has 124 valence electrons. The number of hydrogen-bond acceptors (Lipinski definition) is 4. The molecule has 0 unspecified atom stereocenters. The topological polar surface area (TPSA) is 106 Å². The summed E-state index contributed by atoms with van der Waals surface area (Å²) >= 11 is 0. The number of amides is 2. The summed E-state index contributed by atoms with van der Waals surface area (Å²) in [6.45, 7) is 3.45. The first-order valence-electron chi connectivity index (χ1n) is 7.59. The first-order chi connectivity index (χ1) is 10.9. The van der Waals surface area contributed by atoms with Gasteiger partial charge in [-0.25, -0.2) is 0 Å². The highest BCUT2D eigenvalue weighted by Gasteiger charge is 2.24. The van der Waals surface area contributed by atoms with Crippen LogP contribution < -0.4 is 15.5 Å². The molecule has 2 amide bonds. The molecule has 0 radical (unpaired) electrons. The molecule has 0 saturated carbocycles. The highest BCUT2D eigenvalue weighted by Crippen LogP contribution is 2.16. The number of non-ortho nitro benzene ring substituents is 1. The predicted molar refractivity (Wildman–Crippen MR) is 84.1 cm³/mol. The van der Waals surface area contributed by atoms with Gasteiger partial charge in [-0.15, -0.1) is 0 Å². The molecule has 1 aliphatic rings. The van der Waals surface area contributed by atoms with Gasteiger partial charge in [-0.1, -0.05) is 6.07 Å². The van der Waals surface area contributed by atoms with E-state index >= 15 is 0 Å². The number of benzene rings is 1. The summed E-state index contributed by atoms with van der Waals surface area (Å²) in [6.07, 6.45) is 1.69. The Kier molecular flexibility index (Phi) is 5.64. The number of carbonyl (C=O) groups is 2. The van der Waals surface area contributed by atoms with Gasteiger partial charge in [0.25, 0.3) is 11.6 Å². The summed E-state index contributed by atoms with van der Waals surface area (Å²) in [5.74, 6) is -0.194. The molecule has 0 bridgehead atoms. The maximum absolute atomic E-state index is 12.0. The normalized spacial score (nSPS) is 20.6. The van der Waals surface area contributed by atoms with E-state index in [-0.39, 0.29) is 23.5 Å². The highest BCUT2D eigenvalue weighted by atomic mass is 16.6. The minimum Gasteiger partial charge on any atom is -0.353 e. The Morgan fingerprint density at radius 2 is 2.04 bits per heavy atom. The van der Waals surface area contributed by atoms with Crippen molar-refractivity contribution >= 4 is 23.2 Å². The van der Waals surface area contributed by atoms with E-state index in [0.29, 0.717) is 12.2 Å². The number of anilines is 1. The van der Waals surface area contributed by atoms with Gasteiger partial charge in [-0.05, 0) is 6.07 Å². The third-order valence-corrected chi connectivity index (χ3v) is 3.85. The Morgan fingerprint density at radius 1 is 1.35 bits per heavy atom. The molecular formula is C15H21N4O4+. The van der Waals surface area contributed by atoms with Gasteiger partial charge >= 0.3 is 0 Å². The van der Waals surface area contributed by atoms with E-state index in [1.54, 1.807) is 12.1 Å². The fourth-order valence-electron chi connectivity index (χ4n) is 2.76. The van der Waals surface area contributed by atoms with Crippen LogP contribution in [-0.2, 0) is 9.59 Å². The van der Waals surface area contributed by atoms with Gasteiger partial charge in [-0.2, -0.15) is 0 Å². The van der Waals surface area contributed by atoms with E-state index in [9.17, 15) is 19.7 Å². The number of likely N-dealkylation sites (tertiary alicyclic amines) is 1. The zero-order valence-electron chi connectivity index (χ0n) is 13.0. The molecule has 0 spiro atoms. The van der Waals surface area contributed by atoms with Crippen molar-refractivity contribution in [1.29, 1.82) is 0 Å². The molecule has 1 aromatic carbocycles. The first-order valence-corrected chi connectivity index (χ1v) is 7.59. The van der Waals surface area contributed by atoms with Crippen LogP contribution in [0.5, 0.6) is 0 Å². The van der Waals surface area contributed by atoms with Gasteiger partial charge in [0.05, 0.1) is 18.0 Å². The van der Waals surface area contributed by atoms with E-state index in [1.807, 2.05) is 0 Å².